The molecule has 0 saturated heterocycles. The Kier molecular flexibility index (Phi) is 14.5. The monoisotopic (exact) mass is 1030 g/mol. The van der Waals surface area contributed by atoms with Gasteiger partial charge in [-0.15, -0.1) is 0 Å². The van der Waals surface area contributed by atoms with Gasteiger partial charge >= 0.3 is 0 Å². The molecule has 78 heavy (non-hydrogen) atoms. The summed E-state index contributed by atoms with van der Waals surface area (Å²) in [6.07, 6.45) is 0. The van der Waals surface area contributed by atoms with Crippen molar-refractivity contribution in [3.05, 3.63) is 214 Å². The van der Waals surface area contributed by atoms with Crippen LogP contribution in [-0.2, 0) is 21.7 Å². The van der Waals surface area contributed by atoms with Gasteiger partial charge in [-0.1, -0.05) is 255 Å². The van der Waals surface area contributed by atoms with E-state index >= 15 is 0 Å². The Morgan fingerprint density at radius 1 is 0.346 bits per heavy atom. The fourth-order valence-electron chi connectivity index (χ4n) is 13.5. The van der Waals surface area contributed by atoms with E-state index in [0.29, 0.717) is 11.8 Å². The van der Waals surface area contributed by atoms with Crippen LogP contribution < -0.4 is 9.80 Å². The zero-order chi connectivity index (χ0) is 56.7. The summed E-state index contributed by atoms with van der Waals surface area (Å²) < 4.78 is 0. The van der Waals surface area contributed by atoms with Crippen molar-refractivity contribution in [3.8, 4) is 44.5 Å². The van der Waals surface area contributed by atoms with Crippen molar-refractivity contribution < 1.29 is 0 Å². The Morgan fingerprint density at radius 3 is 1.22 bits per heavy atom. The standard InChI is InChI=1S/C39H47N.C37H43N/c1-36(2,3)31-25-24-29-28-20-15-16-22-30(28)39(10,11)34(29)35(31)40(38(7,8)9)32-23-17-21-27(33(32)37(4,5)6)26-18-13-12-14-19-26;1-24(2)27-22-23-30-29-18-13-14-20-31(29)37(8,9)34(30)35(27)38(36(5,6)7)32-21-15-19-28(33(32)25(3)4)26-16-11-10-12-17-26/h12-25H,1-11H3;10-25H,1-9H3. The maximum absolute atomic E-state index is 2.69. The highest BCUT2D eigenvalue weighted by Crippen LogP contribution is 2.59. The van der Waals surface area contributed by atoms with Crippen LogP contribution >= 0.6 is 0 Å². The van der Waals surface area contributed by atoms with E-state index in [1.54, 1.807) is 0 Å². The van der Waals surface area contributed by atoms with Crippen molar-refractivity contribution in [3.63, 3.8) is 0 Å². The quantitative estimate of drug-likeness (QED) is 0.150. The second-order valence-electron chi connectivity index (χ2n) is 28.1. The molecule has 0 spiro atoms. The van der Waals surface area contributed by atoms with Crippen LogP contribution in [-0.4, -0.2) is 11.1 Å². The van der Waals surface area contributed by atoms with Gasteiger partial charge in [-0.25, -0.2) is 0 Å². The fourth-order valence-corrected chi connectivity index (χ4v) is 13.5. The lowest BCUT2D eigenvalue weighted by Crippen LogP contribution is -2.42. The number of hydrogen-bond acceptors (Lipinski definition) is 2. The highest BCUT2D eigenvalue weighted by Gasteiger charge is 2.45. The number of benzene rings is 8. The zero-order valence-corrected chi connectivity index (χ0v) is 51.2. The number of fused-ring (bicyclic) bond motifs is 6. The molecule has 8 aromatic rings. The highest BCUT2D eigenvalue weighted by atomic mass is 15.2. The molecule has 0 heterocycles. The molecular formula is C76H90N2. The van der Waals surface area contributed by atoms with Crippen molar-refractivity contribution in [2.24, 2.45) is 0 Å². The molecule has 2 aliphatic carbocycles. The minimum Gasteiger partial charge on any atom is -0.335 e. The molecule has 2 heteroatoms. The molecule has 404 valence electrons. The van der Waals surface area contributed by atoms with Crippen molar-refractivity contribution in [2.45, 2.75) is 183 Å². The summed E-state index contributed by atoms with van der Waals surface area (Å²) in [5.74, 6) is 0.773. The van der Waals surface area contributed by atoms with Gasteiger partial charge in [0.1, 0.15) is 0 Å². The first kappa shape index (κ1) is 56.1. The second-order valence-corrected chi connectivity index (χ2v) is 28.1. The number of rotatable bonds is 8. The van der Waals surface area contributed by atoms with Crippen LogP contribution in [0.15, 0.2) is 170 Å². The summed E-state index contributed by atoms with van der Waals surface area (Å²) in [7, 11) is 0. The van der Waals surface area contributed by atoms with E-state index in [2.05, 4.69) is 318 Å². The van der Waals surface area contributed by atoms with E-state index in [0.717, 1.165) is 0 Å². The van der Waals surface area contributed by atoms with E-state index in [1.165, 1.54) is 112 Å². The molecular weight excluding hydrogens is 941 g/mol. The average Bonchev–Trinajstić information content (AvgIpc) is 3.72. The molecule has 0 unspecified atom stereocenters. The number of hydrogen-bond donors (Lipinski definition) is 0. The molecule has 0 N–H and O–H groups in total. The molecule has 0 saturated carbocycles. The van der Waals surface area contributed by atoms with Gasteiger partial charge in [0.15, 0.2) is 0 Å². The van der Waals surface area contributed by atoms with Crippen LogP contribution in [0.3, 0.4) is 0 Å². The Labute approximate surface area is 472 Å². The van der Waals surface area contributed by atoms with Gasteiger partial charge in [0.05, 0.1) is 5.69 Å². The maximum atomic E-state index is 2.69. The van der Waals surface area contributed by atoms with Gasteiger partial charge in [-0.2, -0.15) is 0 Å². The van der Waals surface area contributed by atoms with Crippen LogP contribution in [0.2, 0.25) is 0 Å². The maximum Gasteiger partial charge on any atom is 0.0501 e. The average molecular weight is 1030 g/mol. The van der Waals surface area contributed by atoms with Crippen LogP contribution in [0, 0.1) is 0 Å². The van der Waals surface area contributed by atoms with Gasteiger partial charge in [0.25, 0.3) is 0 Å². The molecule has 2 nitrogen and oxygen atoms in total. The molecule has 0 aromatic heterocycles. The molecule has 0 radical (unpaired) electrons. The van der Waals surface area contributed by atoms with Gasteiger partial charge in [0, 0.05) is 39.0 Å². The molecule has 0 amide bonds. The predicted molar refractivity (Wildman–Crippen MR) is 341 cm³/mol. The Morgan fingerprint density at radius 2 is 0.756 bits per heavy atom. The van der Waals surface area contributed by atoms with E-state index in [-0.39, 0.29) is 32.7 Å². The first-order chi connectivity index (χ1) is 36.5. The Balaban J connectivity index is 0.000000190. The van der Waals surface area contributed by atoms with E-state index in [1.807, 2.05) is 0 Å². The van der Waals surface area contributed by atoms with Gasteiger partial charge in [0.2, 0.25) is 0 Å². The molecule has 0 fully saturated rings. The van der Waals surface area contributed by atoms with Crippen molar-refractivity contribution in [2.75, 3.05) is 9.80 Å². The minimum absolute atomic E-state index is 0.0301. The SMILES string of the molecule is CC(C)(C)c1ccc2c(c1N(c1cccc(-c3ccccc3)c1C(C)(C)C)C(C)(C)C)C(C)(C)c1ccccc1-2.CC(C)c1ccc2c(c1N(c1cccc(-c3ccccc3)c1C(C)C)C(C)(C)C)C(C)(C)c1ccccc1-2. The second kappa shape index (κ2) is 20.2. The topological polar surface area (TPSA) is 6.48 Å². The normalized spacial score (nSPS) is 14.3. The van der Waals surface area contributed by atoms with Crippen LogP contribution in [0.4, 0.5) is 22.7 Å². The van der Waals surface area contributed by atoms with Gasteiger partial charge in [-0.3, -0.25) is 0 Å². The smallest absolute Gasteiger partial charge is 0.0501 e. The van der Waals surface area contributed by atoms with Crippen LogP contribution in [0.25, 0.3) is 44.5 Å². The predicted octanol–water partition coefficient (Wildman–Crippen LogP) is 22.0. The summed E-state index contributed by atoms with van der Waals surface area (Å²) in [4.78, 5) is 5.36. The molecule has 2 aliphatic rings. The first-order valence-corrected chi connectivity index (χ1v) is 29.0. The Hall–Kier alpha value is -6.64. The third-order valence-electron chi connectivity index (χ3n) is 16.7. The van der Waals surface area contributed by atoms with Crippen LogP contribution in [0.5, 0.6) is 0 Å². The first-order valence-electron chi connectivity index (χ1n) is 29.0. The molecule has 0 atom stereocenters. The third-order valence-corrected chi connectivity index (χ3v) is 16.7. The molecule has 8 aromatic carbocycles. The van der Waals surface area contributed by atoms with E-state index in [4.69, 9.17) is 0 Å². The molecule has 0 bridgehead atoms. The summed E-state index contributed by atoms with van der Waals surface area (Å²) in [6, 6.07) is 63.2. The van der Waals surface area contributed by atoms with Crippen molar-refractivity contribution in [1.29, 1.82) is 0 Å². The fraction of sp³-hybridized carbons (Fsp3) is 0.368. The minimum atomic E-state index is -0.171. The third kappa shape index (κ3) is 9.85. The lowest BCUT2D eigenvalue weighted by molar-refractivity contribution is 0.526. The summed E-state index contributed by atoms with van der Waals surface area (Å²) >= 11 is 0. The van der Waals surface area contributed by atoms with Gasteiger partial charge < -0.3 is 9.80 Å². The summed E-state index contributed by atoms with van der Waals surface area (Å²) in [5.41, 5.74) is 26.8. The largest absolute Gasteiger partial charge is 0.335 e. The van der Waals surface area contributed by atoms with Crippen molar-refractivity contribution in [1.82, 2.24) is 0 Å². The summed E-state index contributed by atoms with van der Waals surface area (Å²) in [5, 5.41) is 0. The van der Waals surface area contributed by atoms with E-state index < -0.39 is 0 Å². The van der Waals surface area contributed by atoms with E-state index in [9.17, 15) is 0 Å². The Bertz CT molecular complexity index is 3480. The van der Waals surface area contributed by atoms with Gasteiger partial charge in [-0.05, 0) is 165 Å². The number of nitrogens with zero attached hydrogens (tertiary/aromatic N) is 2. The van der Waals surface area contributed by atoms with Crippen molar-refractivity contribution >= 4 is 22.7 Å². The summed E-state index contributed by atoms with van der Waals surface area (Å²) in [6.45, 7) is 47.4. The molecule has 0 aliphatic heterocycles. The number of anilines is 4. The zero-order valence-electron chi connectivity index (χ0n) is 51.2. The lowest BCUT2D eigenvalue weighted by atomic mass is 9.75. The lowest BCUT2D eigenvalue weighted by Gasteiger charge is -2.46. The van der Waals surface area contributed by atoms with Crippen LogP contribution in [0.1, 0.15) is 195 Å². The highest BCUT2D eigenvalue weighted by molar-refractivity contribution is 5.93. The molecule has 10 rings (SSSR count).